The molecule has 0 heterocycles. The van der Waals surface area contributed by atoms with Crippen LogP contribution in [0.15, 0.2) is 0 Å². The van der Waals surface area contributed by atoms with E-state index in [0.717, 1.165) is 0 Å². The van der Waals surface area contributed by atoms with Crippen LogP contribution in [0.5, 0.6) is 0 Å². The highest BCUT2D eigenvalue weighted by Crippen LogP contribution is 2.35. The van der Waals surface area contributed by atoms with Crippen molar-refractivity contribution >= 4 is 11.9 Å². The highest BCUT2D eigenvalue weighted by molar-refractivity contribution is 5.90. The molecule has 4 nitrogen and oxygen atoms in total. The van der Waals surface area contributed by atoms with Crippen LogP contribution in [0, 0.1) is 12.3 Å². The van der Waals surface area contributed by atoms with Gasteiger partial charge in [-0.05, 0) is 12.8 Å². The molecule has 0 radical (unpaired) electrons. The second-order valence-corrected chi connectivity index (χ2v) is 2.82. The molecule has 12 heavy (non-hydrogen) atoms. The molecule has 0 aromatic rings. The van der Waals surface area contributed by atoms with Crippen LogP contribution in [0.1, 0.15) is 19.3 Å². The fourth-order valence-electron chi connectivity index (χ4n) is 0.921. The Bertz CT molecular complexity index is 260. The molecule has 0 aromatic heterocycles. The first-order chi connectivity index (χ1) is 5.60. The van der Waals surface area contributed by atoms with E-state index in [1.807, 2.05) is 0 Å². The molecule has 0 spiro atoms. The topological polar surface area (TPSA) is 66.4 Å². The highest BCUT2D eigenvalue weighted by atomic mass is 16.4. The first-order valence-electron chi connectivity index (χ1n) is 3.58. The number of carboxylic acids is 1. The van der Waals surface area contributed by atoms with Crippen LogP contribution in [0.2, 0.25) is 0 Å². The van der Waals surface area contributed by atoms with Gasteiger partial charge in [0.2, 0.25) is 5.91 Å². The fraction of sp³-hybridized carbons (Fsp3) is 0.500. The fourth-order valence-corrected chi connectivity index (χ4v) is 0.921. The van der Waals surface area contributed by atoms with Crippen molar-refractivity contribution in [1.29, 1.82) is 0 Å². The third-order valence-corrected chi connectivity index (χ3v) is 1.80. The maximum absolute atomic E-state index is 10.9. The Kier molecular flexibility index (Phi) is 2.05. The summed E-state index contributed by atoms with van der Waals surface area (Å²) in [5, 5.41) is 11.0. The quantitative estimate of drug-likeness (QED) is 0.569. The second kappa shape index (κ2) is 2.86. The van der Waals surface area contributed by atoms with Gasteiger partial charge in [-0.25, -0.2) is 4.79 Å². The minimum absolute atomic E-state index is 0.0605. The van der Waals surface area contributed by atoms with Crippen molar-refractivity contribution < 1.29 is 14.7 Å². The van der Waals surface area contributed by atoms with Crippen molar-refractivity contribution in [1.82, 2.24) is 5.32 Å². The number of nitrogens with one attached hydrogen (secondary N) is 1. The van der Waals surface area contributed by atoms with Crippen LogP contribution < -0.4 is 5.32 Å². The number of aliphatic carboxylic acids is 1. The summed E-state index contributed by atoms with van der Waals surface area (Å²) < 4.78 is 0. The maximum Gasteiger partial charge on any atom is 0.329 e. The van der Waals surface area contributed by atoms with Crippen molar-refractivity contribution in [2.75, 3.05) is 0 Å². The number of hydrogen-bond acceptors (Lipinski definition) is 2. The first kappa shape index (κ1) is 8.60. The average Bonchev–Trinajstić information content (AvgIpc) is 2.69. The van der Waals surface area contributed by atoms with E-state index in [-0.39, 0.29) is 6.42 Å². The zero-order valence-corrected chi connectivity index (χ0v) is 6.46. The molecule has 4 heteroatoms. The molecule has 1 amide bonds. The van der Waals surface area contributed by atoms with Gasteiger partial charge in [-0.2, -0.15) is 0 Å². The lowest BCUT2D eigenvalue weighted by Crippen LogP contribution is -2.42. The number of hydrogen-bond donors (Lipinski definition) is 2. The van der Waals surface area contributed by atoms with Gasteiger partial charge in [0.15, 0.2) is 0 Å². The molecule has 0 atom stereocenters. The van der Waals surface area contributed by atoms with Gasteiger partial charge in [0.05, 0.1) is 6.42 Å². The number of rotatable bonds is 3. The van der Waals surface area contributed by atoms with Crippen molar-refractivity contribution in [3.8, 4) is 12.3 Å². The van der Waals surface area contributed by atoms with Gasteiger partial charge >= 0.3 is 5.97 Å². The van der Waals surface area contributed by atoms with Gasteiger partial charge in [-0.1, -0.05) is 5.92 Å². The Balaban J connectivity index is 2.47. The lowest BCUT2D eigenvalue weighted by atomic mass is 10.2. The zero-order chi connectivity index (χ0) is 9.19. The van der Waals surface area contributed by atoms with Gasteiger partial charge in [0, 0.05) is 0 Å². The van der Waals surface area contributed by atoms with E-state index in [0.29, 0.717) is 12.8 Å². The highest BCUT2D eigenvalue weighted by Gasteiger charge is 2.51. The van der Waals surface area contributed by atoms with Gasteiger partial charge in [-0.3, -0.25) is 4.79 Å². The molecular weight excluding hydrogens is 158 g/mol. The Morgan fingerprint density at radius 3 is 2.50 bits per heavy atom. The van der Waals surface area contributed by atoms with E-state index in [4.69, 9.17) is 11.5 Å². The molecule has 0 aromatic carbocycles. The summed E-state index contributed by atoms with van der Waals surface area (Å²) in [4.78, 5) is 21.4. The number of carbonyl (C=O) groups excluding carboxylic acids is 1. The monoisotopic (exact) mass is 167 g/mol. The van der Waals surface area contributed by atoms with Crippen LogP contribution in [0.4, 0.5) is 0 Å². The molecule has 2 N–H and O–H groups in total. The summed E-state index contributed by atoms with van der Waals surface area (Å²) in [6, 6.07) is 0. The smallest absolute Gasteiger partial charge is 0.329 e. The molecule has 0 aliphatic heterocycles. The molecule has 1 fully saturated rings. The molecule has 0 saturated heterocycles. The zero-order valence-electron chi connectivity index (χ0n) is 6.46. The van der Waals surface area contributed by atoms with Crippen LogP contribution in [0.25, 0.3) is 0 Å². The van der Waals surface area contributed by atoms with Crippen molar-refractivity contribution in [3.05, 3.63) is 0 Å². The van der Waals surface area contributed by atoms with E-state index in [9.17, 15) is 9.59 Å². The molecular formula is C8H9NO3. The minimum Gasteiger partial charge on any atom is -0.480 e. The minimum atomic E-state index is -1.01. The number of carboxylic acid groups (broad SMARTS) is 1. The van der Waals surface area contributed by atoms with Crippen LogP contribution in [0.3, 0.4) is 0 Å². The van der Waals surface area contributed by atoms with Crippen LogP contribution >= 0.6 is 0 Å². The lowest BCUT2D eigenvalue weighted by molar-refractivity contribution is -0.143. The first-order valence-corrected chi connectivity index (χ1v) is 3.58. The summed E-state index contributed by atoms with van der Waals surface area (Å²) in [6.07, 6.45) is 5.82. The van der Waals surface area contributed by atoms with Crippen molar-refractivity contribution in [3.63, 3.8) is 0 Å². The lowest BCUT2D eigenvalue weighted by Gasteiger charge is -2.10. The van der Waals surface area contributed by atoms with Crippen LogP contribution in [-0.4, -0.2) is 22.5 Å². The predicted octanol–water partition coefficient (Wildman–Crippen LogP) is -0.257. The predicted molar refractivity (Wildman–Crippen MR) is 41.2 cm³/mol. The number of terminal acetylenes is 1. The molecule has 1 aliphatic rings. The largest absolute Gasteiger partial charge is 0.480 e. The summed E-state index contributed by atoms with van der Waals surface area (Å²) >= 11 is 0. The van der Waals surface area contributed by atoms with E-state index in [2.05, 4.69) is 11.2 Å². The third kappa shape index (κ3) is 1.56. The standard InChI is InChI=1S/C8H9NO3/c1-2-3-6(10)9-8(4-5-8)7(11)12/h1H,3-5H2,(H,9,10)(H,11,12). The summed E-state index contributed by atoms with van der Waals surface area (Å²) in [5.74, 6) is 0.782. The second-order valence-electron chi connectivity index (χ2n) is 2.82. The van der Waals surface area contributed by atoms with Crippen molar-refractivity contribution in [2.45, 2.75) is 24.8 Å². The Hall–Kier alpha value is -1.50. The van der Waals surface area contributed by atoms with Gasteiger partial charge in [-0.15, -0.1) is 6.42 Å². The van der Waals surface area contributed by atoms with E-state index in [1.165, 1.54) is 0 Å². The normalized spacial score (nSPS) is 17.6. The van der Waals surface area contributed by atoms with Gasteiger partial charge in [0.1, 0.15) is 5.54 Å². The van der Waals surface area contributed by atoms with Gasteiger partial charge in [0.25, 0.3) is 0 Å². The Morgan fingerprint density at radius 1 is 1.58 bits per heavy atom. The molecule has 1 rings (SSSR count). The van der Waals surface area contributed by atoms with E-state index < -0.39 is 17.4 Å². The number of amides is 1. The Morgan fingerprint density at radius 2 is 2.17 bits per heavy atom. The van der Waals surface area contributed by atoms with Gasteiger partial charge < -0.3 is 10.4 Å². The average molecular weight is 167 g/mol. The Labute approximate surface area is 70.0 Å². The molecule has 0 unspecified atom stereocenters. The van der Waals surface area contributed by atoms with E-state index in [1.54, 1.807) is 0 Å². The maximum atomic E-state index is 10.9. The molecule has 64 valence electrons. The summed E-state index contributed by atoms with van der Waals surface area (Å²) in [5.41, 5.74) is -1.01. The number of carbonyl (C=O) groups is 2. The molecule has 1 saturated carbocycles. The molecule has 0 bridgehead atoms. The SMILES string of the molecule is C#CCC(=O)NC1(C(=O)O)CC1. The summed E-state index contributed by atoms with van der Waals surface area (Å²) in [6.45, 7) is 0. The molecule has 1 aliphatic carbocycles. The summed E-state index contributed by atoms with van der Waals surface area (Å²) in [7, 11) is 0. The van der Waals surface area contributed by atoms with E-state index >= 15 is 0 Å². The van der Waals surface area contributed by atoms with Crippen LogP contribution in [-0.2, 0) is 9.59 Å². The van der Waals surface area contributed by atoms with Crippen molar-refractivity contribution in [2.24, 2.45) is 0 Å². The third-order valence-electron chi connectivity index (χ3n) is 1.80.